The Bertz CT molecular complexity index is 634. The van der Waals surface area contributed by atoms with Crippen molar-refractivity contribution >= 4 is 0 Å². The predicted octanol–water partition coefficient (Wildman–Crippen LogP) is 3.80. The molecule has 1 unspecified atom stereocenters. The standard InChI is InChI=1S/C18H18FNO/c19-14-7-5-12(6-8-14)13-9-15(10-13)20-17-11-21-18-4-2-1-3-16(17)18/h1-8,13,15,17,20H,9-11H2. The van der Waals surface area contributed by atoms with Crippen molar-refractivity contribution in [1.29, 1.82) is 0 Å². The van der Waals surface area contributed by atoms with Crippen molar-refractivity contribution < 1.29 is 9.13 Å². The third-order valence-electron chi connectivity index (χ3n) is 4.62. The fourth-order valence-electron chi connectivity index (χ4n) is 3.35. The van der Waals surface area contributed by atoms with Crippen molar-refractivity contribution in [1.82, 2.24) is 5.32 Å². The van der Waals surface area contributed by atoms with E-state index in [2.05, 4.69) is 17.4 Å². The molecule has 2 aromatic carbocycles. The molecule has 1 N–H and O–H groups in total. The molecule has 0 bridgehead atoms. The molecule has 0 saturated heterocycles. The fourth-order valence-corrected chi connectivity index (χ4v) is 3.35. The van der Waals surface area contributed by atoms with Gasteiger partial charge >= 0.3 is 0 Å². The molecule has 2 aromatic rings. The predicted molar refractivity (Wildman–Crippen MR) is 80.0 cm³/mol. The summed E-state index contributed by atoms with van der Waals surface area (Å²) >= 11 is 0. The topological polar surface area (TPSA) is 21.3 Å². The Labute approximate surface area is 123 Å². The number of rotatable bonds is 3. The van der Waals surface area contributed by atoms with Gasteiger partial charge in [0.05, 0.1) is 6.04 Å². The number of benzene rings is 2. The second-order valence-electron chi connectivity index (χ2n) is 5.98. The molecule has 4 rings (SSSR count). The normalized spacial score (nSPS) is 26.8. The zero-order chi connectivity index (χ0) is 14.2. The minimum Gasteiger partial charge on any atom is -0.491 e. The van der Waals surface area contributed by atoms with E-state index in [0.717, 1.165) is 25.2 Å². The largest absolute Gasteiger partial charge is 0.491 e. The van der Waals surface area contributed by atoms with Gasteiger partial charge in [-0.2, -0.15) is 0 Å². The third-order valence-corrected chi connectivity index (χ3v) is 4.62. The maximum atomic E-state index is 12.9. The maximum absolute atomic E-state index is 12.9. The van der Waals surface area contributed by atoms with Gasteiger partial charge in [0.15, 0.2) is 0 Å². The average Bonchev–Trinajstić information content (AvgIpc) is 2.87. The Balaban J connectivity index is 1.36. The summed E-state index contributed by atoms with van der Waals surface area (Å²) in [5.41, 5.74) is 2.51. The van der Waals surface area contributed by atoms with Gasteiger partial charge in [0.25, 0.3) is 0 Å². The lowest BCUT2D eigenvalue weighted by Gasteiger charge is -2.38. The Morgan fingerprint density at radius 3 is 2.57 bits per heavy atom. The van der Waals surface area contributed by atoms with Crippen molar-refractivity contribution in [3.8, 4) is 5.75 Å². The van der Waals surface area contributed by atoms with E-state index in [4.69, 9.17) is 4.74 Å². The monoisotopic (exact) mass is 283 g/mol. The molecule has 0 aromatic heterocycles. The van der Waals surface area contributed by atoms with Crippen molar-refractivity contribution in [2.45, 2.75) is 30.8 Å². The molecule has 2 nitrogen and oxygen atoms in total. The van der Waals surface area contributed by atoms with E-state index >= 15 is 0 Å². The first-order chi connectivity index (χ1) is 10.3. The second kappa shape index (κ2) is 5.15. The molecule has 108 valence electrons. The zero-order valence-corrected chi connectivity index (χ0v) is 11.8. The van der Waals surface area contributed by atoms with Crippen LogP contribution in [0.4, 0.5) is 4.39 Å². The molecule has 3 heteroatoms. The molecule has 1 heterocycles. The summed E-state index contributed by atoms with van der Waals surface area (Å²) in [5, 5.41) is 3.68. The number of hydrogen-bond acceptors (Lipinski definition) is 2. The summed E-state index contributed by atoms with van der Waals surface area (Å²) < 4.78 is 18.6. The highest BCUT2D eigenvalue weighted by Crippen LogP contribution is 2.39. The molecule has 2 aliphatic rings. The van der Waals surface area contributed by atoms with Gasteiger partial charge in [0.1, 0.15) is 18.2 Å². The van der Waals surface area contributed by atoms with Crippen LogP contribution < -0.4 is 10.1 Å². The first-order valence-electron chi connectivity index (χ1n) is 7.53. The van der Waals surface area contributed by atoms with Crippen LogP contribution in [-0.4, -0.2) is 12.6 Å². The molecule has 1 aliphatic carbocycles. The number of hydrogen-bond donors (Lipinski definition) is 1. The van der Waals surface area contributed by atoms with Crippen LogP contribution in [0.5, 0.6) is 5.75 Å². The van der Waals surface area contributed by atoms with Gasteiger partial charge in [-0.3, -0.25) is 0 Å². The molecule has 1 fully saturated rings. The van der Waals surface area contributed by atoms with E-state index in [-0.39, 0.29) is 5.82 Å². The number of fused-ring (bicyclic) bond motifs is 1. The average molecular weight is 283 g/mol. The Kier molecular flexibility index (Phi) is 3.15. The minimum atomic E-state index is -0.160. The van der Waals surface area contributed by atoms with Crippen LogP contribution >= 0.6 is 0 Å². The molecule has 0 spiro atoms. The van der Waals surface area contributed by atoms with Gasteiger partial charge in [-0.25, -0.2) is 4.39 Å². The number of nitrogens with one attached hydrogen (secondary N) is 1. The van der Waals surface area contributed by atoms with Gasteiger partial charge in [-0.05, 0) is 42.5 Å². The van der Waals surface area contributed by atoms with Crippen LogP contribution in [0, 0.1) is 5.82 Å². The summed E-state index contributed by atoms with van der Waals surface area (Å²) in [6.07, 6.45) is 2.23. The van der Waals surface area contributed by atoms with Crippen LogP contribution in [0.15, 0.2) is 48.5 Å². The van der Waals surface area contributed by atoms with E-state index in [1.54, 1.807) is 12.1 Å². The first kappa shape index (κ1) is 12.8. The van der Waals surface area contributed by atoms with Crippen molar-refractivity contribution in [3.05, 3.63) is 65.5 Å². The highest BCUT2D eigenvalue weighted by molar-refractivity contribution is 5.39. The Morgan fingerprint density at radius 1 is 1.00 bits per heavy atom. The summed E-state index contributed by atoms with van der Waals surface area (Å²) in [6, 6.07) is 16.0. The summed E-state index contributed by atoms with van der Waals surface area (Å²) in [6.45, 7) is 0.719. The molecule has 0 radical (unpaired) electrons. The molecular weight excluding hydrogens is 265 g/mol. The van der Waals surface area contributed by atoms with Crippen molar-refractivity contribution in [2.24, 2.45) is 0 Å². The van der Waals surface area contributed by atoms with Crippen LogP contribution in [0.25, 0.3) is 0 Å². The quantitative estimate of drug-likeness (QED) is 0.925. The third kappa shape index (κ3) is 2.42. The Morgan fingerprint density at radius 2 is 1.76 bits per heavy atom. The maximum Gasteiger partial charge on any atom is 0.124 e. The fraction of sp³-hybridized carbons (Fsp3) is 0.333. The molecule has 0 amide bonds. The SMILES string of the molecule is Fc1ccc(C2CC(NC3COc4ccccc43)C2)cc1. The summed E-state index contributed by atoms with van der Waals surface area (Å²) in [5.74, 6) is 1.40. The Hall–Kier alpha value is -1.87. The van der Waals surface area contributed by atoms with E-state index in [9.17, 15) is 4.39 Å². The van der Waals surface area contributed by atoms with Crippen molar-refractivity contribution in [2.75, 3.05) is 6.61 Å². The van der Waals surface area contributed by atoms with Gasteiger partial charge in [0.2, 0.25) is 0 Å². The summed E-state index contributed by atoms with van der Waals surface area (Å²) in [7, 11) is 0. The van der Waals surface area contributed by atoms with Gasteiger partial charge in [-0.1, -0.05) is 30.3 Å². The smallest absolute Gasteiger partial charge is 0.124 e. The molecule has 1 atom stereocenters. The van der Waals surface area contributed by atoms with Gasteiger partial charge < -0.3 is 10.1 Å². The number of ether oxygens (including phenoxy) is 1. The van der Waals surface area contributed by atoms with Crippen LogP contribution in [0.3, 0.4) is 0 Å². The van der Waals surface area contributed by atoms with Gasteiger partial charge in [0, 0.05) is 11.6 Å². The number of halogens is 1. The van der Waals surface area contributed by atoms with E-state index in [0.29, 0.717) is 18.0 Å². The minimum absolute atomic E-state index is 0.160. The molecule has 1 saturated carbocycles. The molecule has 21 heavy (non-hydrogen) atoms. The summed E-state index contributed by atoms with van der Waals surface area (Å²) in [4.78, 5) is 0. The van der Waals surface area contributed by atoms with Crippen LogP contribution in [-0.2, 0) is 0 Å². The lowest BCUT2D eigenvalue weighted by atomic mass is 9.75. The zero-order valence-electron chi connectivity index (χ0n) is 11.8. The lowest BCUT2D eigenvalue weighted by Crippen LogP contribution is -2.42. The number of para-hydroxylation sites is 1. The van der Waals surface area contributed by atoms with E-state index in [1.165, 1.54) is 11.1 Å². The second-order valence-corrected chi connectivity index (χ2v) is 5.98. The van der Waals surface area contributed by atoms with E-state index in [1.807, 2.05) is 24.3 Å². The van der Waals surface area contributed by atoms with Crippen molar-refractivity contribution in [3.63, 3.8) is 0 Å². The van der Waals surface area contributed by atoms with Gasteiger partial charge in [-0.15, -0.1) is 0 Å². The molecular formula is C18H18FNO. The van der Waals surface area contributed by atoms with E-state index < -0.39 is 0 Å². The first-order valence-corrected chi connectivity index (χ1v) is 7.53. The molecule has 1 aliphatic heterocycles. The van der Waals surface area contributed by atoms with Crippen LogP contribution in [0.2, 0.25) is 0 Å². The highest BCUT2D eigenvalue weighted by atomic mass is 19.1. The highest BCUT2D eigenvalue weighted by Gasteiger charge is 2.34. The van der Waals surface area contributed by atoms with Crippen LogP contribution in [0.1, 0.15) is 35.9 Å². The lowest BCUT2D eigenvalue weighted by molar-refractivity contribution is 0.236.